The van der Waals surface area contributed by atoms with E-state index in [9.17, 15) is 8.78 Å². The van der Waals surface area contributed by atoms with Gasteiger partial charge in [-0.3, -0.25) is 4.90 Å². The second-order valence-electron chi connectivity index (χ2n) is 5.43. The Hall–Kier alpha value is -1.45. The lowest BCUT2D eigenvalue weighted by Gasteiger charge is -2.25. The van der Waals surface area contributed by atoms with Crippen LogP contribution in [0, 0.1) is 11.6 Å². The maximum absolute atomic E-state index is 13.3. The Kier molecular flexibility index (Phi) is 4.22. The summed E-state index contributed by atoms with van der Waals surface area (Å²) in [5.41, 5.74) is 2.02. The van der Waals surface area contributed by atoms with Gasteiger partial charge in [-0.2, -0.15) is 0 Å². The molecule has 0 spiro atoms. The zero-order chi connectivity index (χ0) is 14.8. The summed E-state index contributed by atoms with van der Waals surface area (Å²) in [6, 6.07) is 12.3. The molecule has 0 aliphatic carbocycles. The minimum absolute atomic E-state index is 0.315. The Bertz CT molecular complexity index is 627. The summed E-state index contributed by atoms with van der Waals surface area (Å²) in [5.74, 6) is -1.58. The van der Waals surface area contributed by atoms with E-state index < -0.39 is 11.6 Å². The van der Waals surface area contributed by atoms with E-state index >= 15 is 0 Å². The molecule has 2 aromatic rings. The first-order valence-corrected chi connectivity index (χ1v) is 7.45. The first-order chi connectivity index (χ1) is 10.1. The van der Waals surface area contributed by atoms with Gasteiger partial charge in [-0.1, -0.05) is 29.8 Å². The quantitative estimate of drug-likeness (QED) is 0.775. The minimum Gasteiger partial charge on any atom is -0.292 e. The largest absolute Gasteiger partial charge is 0.292 e. The van der Waals surface area contributed by atoms with E-state index in [4.69, 9.17) is 11.6 Å². The Morgan fingerprint density at radius 3 is 2.52 bits per heavy atom. The summed E-state index contributed by atoms with van der Waals surface area (Å²) in [4.78, 5) is 2.30. The van der Waals surface area contributed by atoms with Crippen molar-refractivity contribution in [1.29, 1.82) is 0 Å². The molecule has 0 saturated carbocycles. The molecule has 3 rings (SSSR count). The van der Waals surface area contributed by atoms with Gasteiger partial charge in [-0.25, -0.2) is 8.78 Å². The highest BCUT2D eigenvalue weighted by atomic mass is 35.5. The number of hydrogen-bond acceptors (Lipinski definition) is 1. The summed E-state index contributed by atoms with van der Waals surface area (Å²) in [6.07, 6.45) is 2.18. The van der Waals surface area contributed by atoms with Gasteiger partial charge < -0.3 is 0 Å². The Morgan fingerprint density at radius 2 is 1.81 bits per heavy atom. The molecule has 0 unspecified atom stereocenters. The lowest BCUT2D eigenvalue weighted by atomic mass is 10.0. The molecule has 110 valence electrons. The molecule has 1 saturated heterocycles. The van der Waals surface area contributed by atoms with Crippen LogP contribution in [-0.2, 0) is 6.54 Å². The van der Waals surface area contributed by atoms with Crippen molar-refractivity contribution >= 4 is 11.6 Å². The van der Waals surface area contributed by atoms with Gasteiger partial charge in [0.05, 0.1) is 0 Å². The predicted molar refractivity (Wildman–Crippen MR) is 80.2 cm³/mol. The molecule has 1 aliphatic rings. The number of halogens is 3. The third-order valence-corrected chi connectivity index (χ3v) is 4.24. The smallest absolute Gasteiger partial charge is 0.159 e. The minimum atomic E-state index is -0.797. The van der Waals surface area contributed by atoms with Crippen LogP contribution in [0.2, 0.25) is 5.02 Å². The number of benzene rings is 2. The maximum atomic E-state index is 13.3. The van der Waals surface area contributed by atoms with Crippen LogP contribution in [-0.4, -0.2) is 11.4 Å². The molecule has 1 atom stereocenters. The SMILES string of the molecule is Fc1ccc(CN2CCC[C@@H]2c2ccc(Cl)cc2)cc1F. The summed E-state index contributed by atoms with van der Waals surface area (Å²) in [5, 5.41) is 0.726. The highest BCUT2D eigenvalue weighted by Crippen LogP contribution is 2.33. The van der Waals surface area contributed by atoms with Gasteiger partial charge in [0, 0.05) is 17.6 Å². The third kappa shape index (κ3) is 3.25. The van der Waals surface area contributed by atoms with Crippen LogP contribution in [0.25, 0.3) is 0 Å². The molecule has 1 heterocycles. The van der Waals surface area contributed by atoms with Crippen LogP contribution in [0.3, 0.4) is 0 Å². The number of nitrogens with zero attached hydrogens (tertiary/aromatic N) is 1. The first-order valence-electron chi connectivity index (χ1n) is 7.07. The fraction of sp³-hybridized carbons (Fsp3) is 0.294. The van der Waals surface area contributed by atoms with Crippen molar-refractivity contribution in [3.05, 3.63) is 70.2 Å². The molecule has 21 heavy (non-hydrogen) atoms. The van der Waals surface area contributed by atoms with Crippen LogP contribution in [0.15, 0.2) is 42.5 Å². The molecular weight excluding hydrogens is 292 g/mol. The Labute approximate surface area is 128 Å². The molecule has 0 N–H and O–H groups in total. The van der Waals surface area contributed by atoms with Gasteiger partial charge in [-0.15, -0.1) is 0 Å². The summed E-state index contributed by atoms with van der Waals surface area (Å²) >= 11 is 5.93. The third-order valence-electron chi connectivity index (χ3n) is 3.99. The average Bonchev–Trinajstić information content (AvgIpc) is 2.92. The van der Waals surface area contributed by atoms with Crippen molar-refractivity contribution in [2.75, 3.05) is 6.54 Å². The number of likely N-dealkylation sites (tertiary alicyclic amines) is 1. The lowest BCUT2D eigenvalue weighted by Crippen LogP contribution is -2.22. The van der Waals surface area contributed by atoms with E-state index in [1.807, 2.05) is 24.3 Å². The highest BCUT2D eigenvalue weighted by molar-refractivity contribution is 6.30. The van der Waals surface area contributed by atoms with Crippen molar-refractivity contribution < 1.29 is 8.78 Å². The highest BCUT2D eigenvalue weighted by Gasteiger charge is 2.26. The van der Waals surface area contributed by atoms with Crippen molar-refractivity contribution in [1.82, 2.24) is 4.90 Å². The topological polar surface area (TPSA) is 3.24 Å². The summed E-state index contributed by atoms with van der Waals surface area (Å²) in [7, 11) is 0. The Balaban J connectivity index is 1.77. The molecule has 2 aromatic carbocycles. The molecule has 1 fully saturated rings. The van der Waals surface area contributed by atoms with Crippen molar-refractivity contribution in [3.63, 3.8) is 0 Å². The normalized spacial score (nSPS) is 19.1. The molecule has 0 aromatic heterocycles. The Morgan fingerprint density at radius 1 is 1.05 bits per heavy atom. The van der Waals surface area contributed by atoms with Crippen molar-refractivity contribution in [3.8, 4) is 0 Å². The van der Waals surface area contributed by atoms with Crippen LogP contribution in [0.1, 0.15) is 30.0 Å². The zero-order valence-electron chi connectivity index (χ0n) is 11.5. The van der Waals surface area contributed by atoms with Crippen molar-refractivity contribution in [2.45, 2.75) is 25.4 Å². The van der Waals surface area contributed by atoms with Crippen LogP contribution >= 0.6 is 11.6 Å². The van der Waals surface area contributed by atoms with Gasteiger partial charge >= 0.3 is 0 Å². The first kappa shape index (κ1) is 14.5. The fourth-order valence-corrected chi connectivity index (χ4v) is 3.08. The summed E-state index contributed by atoms with van der Waals surface area (Å²) in [6.45, 7) is 1.59. The standard InChI is InChI=1S/C17H16ClF2N/c18-14-6-4-13(5-7-14)17-2-1-9-21(17)11-12-3-8-15(19)16(20)10-12/h3-8,10,17H,1-2,9,11H2/t17-/m1/s1. The van der Waals surface area contributed by atoms with E-state index in [0.717, 1.165) is 30.0 Å². The van der Waals surface area contributed by atoms with E-state index in [0.29, 0.717) is 12.6 Å². The van der Waals surface area contributed by atoms with Crippen LogP contribution in [0.5, 0.6) is 0 Å². The van der Waals surface area contributed by atoms with E-state index in [1.165, 1.54) is 17.7 Å². The fourth-order valence-electron chi connectivity index (χ4n) is 2.95. The number of hydrogen-bond donors (Lipinski definition) is 0. The molecule has 1 aliphatic heterocycles. The van der Waals surface area contributed by atoms with Crippen molar-refractivity contribution in [2.24, 2.45) is 0 Å². The summed E-state index contributed by atoms with van der Waals surface area (Å²) < 4.78 is 26.3. The molecular formula is C17H16ClF2N. The molecule has 0 radical (unpaired) electrons. The second-order valence-corrected chi connectivity index (χ2v) is 5.86. The number of rotatable bonds is 3. The van der Waals surface area contributed by atoms with Crippen LogP contribution in [0.4, 0.5) is 8.78 Å². The van der Waals surface area contributed by atoms with Gasteiger partial charge in [0.1, 0.15) is 0 Å². The van der Waals surface area contributed by atoms with E-state index in [-0.39, 0.29) is 0 Å². The molecule has 0 bridgehead atoms. The maximum Gasteiger partial charge on any atom is 0.159 e. The lowest BCUT2D eigenvalue weighted by molar-refractivity contribution is 0.248. The monoisotopic (exact) mass is 307 g/mol. The molecule has 4 heteroatoms. The van der Waals surface area contributed by atoms with Gasteiger partial charge in [0.25, 0.3) is 0 Å². The predicted octanol–water partition coefficient (Wildman–Crippen LogP) is 4.96. The molecule has 0 amide bonds. The second kappa shape index (κ2) is 6.12. The zero-order valence-corrected chi connectivity index (χ0v) is 12.3. The van der Waals surface area contributed by atoms with E-state index in [2.05, 4.69) is 4.90 Å². The van der Waals surface area contributed by atoms with Gasteiger partial charge in [-0.05, 0) is 54.8 Å². The average molecular weight is 308 g/mol. The van der Waals surface area contributed by atoms with Crippen LogP contribution < -0.4 is 0 Å². The van der Waals surface area contributed by atoms with E-state index in [1.54, 1.807) is 6.07 Å². The van der Waals surface area contributed by atoms with Gasteiger partial charge in [0.15, 0.2) is 11.6 Å². The van der Waals surface area contributed by atoms with Gasteiger partial charge in [0.2, 0.25) is 0 Å². The molecule has 1 nitrogen and oxygen atoms in total.